The molecule has 1 atom stereocenters. The van der Waals surface area contributed by atoms with Crippen LogP contribution in [-0.2, 0) is 17.6 Å². The van der Waals surface area contributed by atoms with Crippen molar-refractivity contribution < 1.29 is 9.18 Å². The molecule has 0 spiro atoms. The Morgan fingerprint density at radius 2 is 1.90 bits per heavy atom. The van der Waals surface area contributed by atoms with Gasteiger partial charge in [-0.25, -0.2) is 4.39 Å². The molecule has 2 aliphatic rings. The Morgan fingerprint density at radius 1 is 1.13 bits per heavy atom. The van der Waals surface area contributed by atoms with Crippen LogP contribution in [0.2, 0.25) is 0 Å². The van der Waals surface area contributed by atoms with E-state index in [0.717, 1.165) is 69.7 Å². The van der Waals surface area contributed by atoms with Crippen LogP contribution in [0.4, 0.5) is 4.39 Å². The quantitative estimate of drug-likeness (QED) is 0.721. The summed E-state index contributed by atoms with van der Waals surface area (Å²) in [4.78, 5) is 22.9. The molecule has 0 bridgehead atoms. The standard InChI is InChI=1S/C26H34FN3O/c1-20-7-5-10-23(28-20)17-21-8-6-14-30(19-21)25(31)26(12-15-29(2)16-13-26)18-22-9-3-4-11-24(22)27/h3-5,7,9-11,21H,6,8,12-19H2,1-2H3/t21-/m1/s1. The van der Waals surface area contributed by atoms with Crippen LogP contribution in [0, 0.1) is 24.1 Å². The molecule has 0 aliphatic carbocycles. The van der Waals surface area contributed by atoms with Crippen molar-refractivity contribution in [2.24, 2.45) is 11.3 Å². The van der Waals surface area contributed by atoms with E-state index in [1.165, 1.54) is 6.07 Å². The zero-order valence-corrected chi connectivity index (χ0v) is 18.8. The number of rotatable bonds is 5. The van der Waals surface area contributed by atoms with Crippen molar-refractivity contribution in [1.29, 1.82) is 0 Å². The van der Waals surface area contributed by atoms with Crippen LogP contribution >= 0.6 is 0 Å². The van der Waals surface area contributed by atoms with Gasteiger partial charge < -0.3 is 9.80 Å². The summed E-state index contributed by atoms with van der Waals surface area (Å²) in [6.45, 7) is 5.37. The van der Waals surface area contributed by atoms with Crippen LogP contribution in [-0.4, -0.2) is 53.9 Å². The minimum Gasteiger partial charge on any atom is -0.342 e. The number of halogens is 1. The van der Waals surface area contributed by atoms with E-state index < -0.39 is 5.41 Å². The summed E-state index contributed by atoms with van der Waals surface area (Å²) in [6.07, 6.45) is 5.14. The lowest BCUT2D eigenvalue weighted by atomic mass is 9.72. The third-order valence-corrected chi connectivity index (χ3v) is 7.13. The van der Waals surface area contributed by atoms with Gasteiger partial charge in [0, 0.05) is 24.5 Å². The Morgan fingerprint density at radius 3 is 2.65 bits per heavy atom. The second-order valence-corrected chi connectivity index (χ2v) is 9.59. The first-order valence-corrected chi connectivity index (χ1v) is 11.6. The molecule has 1 aromatic carbocycles. The number of pyridine rings is 1. The lowest BCUT2D eigenvalue weighted by molar-refractivity contribution is -0.147. The number of amides is 1. The topological polar surface area (TPSA) is 36.4 Å². The lowest BCUT2D eigenvalue weighted by Gasteiger charge is -2.44. The molecule has 0 radical (unpaired) electrons. The van der Waals surface area contributed by atoms with Gasteiger partial charge >= 0.3 is 0 Å². The first kappa shape index (κ1) is 21.9. The molecule has 2 aliphatic heterocycles. The third kappa shape index (κ3) is 5.15. The van der Waals surface area contributed by atoms with Gasteiger partial charge in [0.25, 0.3) is 0 Å². The molecule has 31 heavy (non-hydrogen) atoms. The number of nitrogens with zero attached hydrogens (tertiary/aromatic N) is 3. The first-order chi connectivity index (χ1) is 14.9. The zero-order valence-electron chi connectivity index (χ0n) is 18.8. The zero-order chi connectivity index (χ0) is 21.8. The highest BCUT2D eigenvalue weighted by Gasteiger charge is 2.44. The Kier molecular flexibility index (Phi) is 6.71. The summed E-state index contributed by atoms with van der Waals surface area (Å²) < 4.78 is 14.5. The molecule has 0 unspecified atom stereocenters. The third-order valence-electron chi connectivity index (χ3n) is 7.13. The van der Waals surface area contributed by atoms with Crippen molar-refractivity contribution >= 4 is 5.91 Å². The largest absolute Gasteiger partial charge is 0.342 e. The molecular formula is C26H34FN3O. The highest BCUT2D eigenvalue weighted by Crippen LogP contribution is 2.38. The number of benzene rings is 1. The predicted molar refractivity (Wildman–Crippen MR) is 121 cm³/mol. The number of likely N-dealkylation sites (tertiary alicyclic amines) is 2. The van der Waals surface area contributed by atoms with E-state index >= 15 is 0 Å². The van der Waals surface area contributed by atoms with E-state index in [0.29, 0.717) is 17.9 Å². The number of hydrogen-bond donors (Lipinski definition) is 0. The average molecular weight is 424 g/mol. The van der Waals surface area contributed by atoms with Crippen molar-refractivity contribution in [1.82, 2.24) is 14.8 Å². The number of carbonyl (C=O) groups is 1. The number of aryl methyl sites for hydroxylation is 1. The van der Waals surface area contributed by atoms with Gasteiger partial charge in [0.05, 0.1) is 5.41 Å². The van der Waals surface area contributed by atoms with Crippen molar-refractivity contribution in [3.05, 3.63) is 65.2 Å². The van der Waals surface area contributed by atoms with Crippen molar-refractivity contribution in [2.45, 2.75) is 45.4 Å². The van der Waals surface area contributed by atoms with Crippen LogP contribution in [0.3, 0.4) is 0 Å². The van der Waals surface area contributed by atoms with E-state index in [2.05, 4.69) is 34.0 Å². The maximum atomic E-state index is 14.5. The smallest absolute Gasteiger partial charge is 0.229 e. The molecule has 2 fully saturated rings. The molecule has 5 heteroatoms. The maximum Gasteiger partial charge on any atom is 0.229 e. The minimum atomic E-state index is -0.502. The molecule has 166 valence electrons. The van der Waals surface area contributed by atoms with Crippen LogP contribution in [0.5, 0.6) is 0 Å². The molecule has 4 rings (SSSR count). The van der Waals surface area contributed by atoms with E-state index in [4.69, 9.17) is 0 Å². The fraction of sp³-hybridized carbons (Fsp3) is 0.538. The molecule has 1 amide bonds. The Bertz CT molecular complexity index is 907. The summed E-state index contributed by atoms with van der Waals surface area (Å²) in [5.74, 6) is 0.463. The van der Waals surface area contributed by atoms with Gasteiger partial charge in [0.1, 0.15) is 5.82 Å². The molecule has 0 N–H and O–H groups in total. The molecular weight excluding hydrogens is 389 g/mol. The summed E-state index contributed by atoms with van der Waals surface area (Å²) in [6, 6.07) is 13.1. The molecule has 2 aromatic rings. The highest BCUT2D eigenvalue weighted by molar-refractivity contribution is 5.83. The molecule has 4 nitrogen and oxygen atoms in total. The first-order valence-electron chi connectivity index (χ1n) is 11.6. The average Bonchev–Trinajstić information content (AvgIpc) is 2.77. The fourth-order valence-electron chi connectivity index (χ4n) is 5.28. The Balaban J connectivity index is 1.51. The summed E-state index contributed by atoms with van der Waals surface area (Å²) >= 11 is 0. The van der Waals surface area contributed by atoms with Gasteiger partial charge in [0.2, 0.25) is 5.91 Å². The Hall–Kier alpha value is -2.27. The molecule has 1 aromatic heterocycles. The van der Waals surface area contributed by atoms with E-state index in [-0.39, 0.29) is 11.7 Å². The summed E-state index contributed by atoms with van der Waals surface area (Å²) in [5, 5.41) is 0. The normalized spacial score (nSPS) is 21.8. The number of hydrogen-bond acceptors (Lipinski definition) is 3. The van der Waals surface area contributed by atoms with Crippen molar-refractivity contribution in [3.63, 3.8) is 0 Å². The fourth-order valence-corrected chi connectivity index (χ4v) is 5.28. The number of aromatic nitrogens is 1. The van der Waals surface area contributed by atoms with Crippen molar-refractivity contribution in [2.75, 3.05) is 33.2 Å². The van der Waals surface area contributed by atoms with E-state index in [9.17, 15) is 9.18 Å². The molecule has 3 heterocycles. The minimum absolute atomic E-state index is 0.198. The summed E-state index contributed by atoms with van der Waals surface area (Å²) in [5.41, 5.74) is 2.31. The Labute approximate surface area is 185 Å². The SMILES string of the molecule is Cc1cccc(C[C@H]2CCCN(C(=O)C3(Cc4ccccc4F)CCN(C)CC3)C2)n1. The van der Waals surface area contributed by atoms with E-state index in [1.54, 1.807) is 6.07 Å². The lowest BCUT2D eigenvalue weighted by Crippen LogP contribution is -2.53. The van der Waals surface area contributed by atoms with Gasteiger partial charge in [0.15, 0.2) is 0 Å². The summed E-state index contributed by atoms with van der Waals surface area (Å²) in [7, 11) is 2.10. The maximum absolute atomic E-state index is 14.5. The van der Waals surface area contributed by atoms with Gasteiger partial charge in [-0.15, -0.1) is 0 Å². The van der Waals surface area contributed by atoms with E-state index in [1.807, 2.05) is 25.1 Å². The number of piperidine rings is 2. The van der Waals surface area contributed by atoms with Gasteiger partial charge in [-0.05, 0) is 95.3 Å². The molecule has 2 saturated heterocycles. The monoisotopic (exact) mass is 423 g/mol. The number of carbonyl (C=O) groups excluding carboxylic acids is 1. The molecule has 0 saturated carbocycles. The second-order valence-electron chi connectivity index (χ2n) is 9.59. The second kappa shape index (κ2) is 9.47. The van der Waals surface area contributed by atoms with Gasteiger partial charge in [-0.2, -0.15) is 0 Å². The predicted octanol–water partition coefficient (Wildman–Crippen LogP) is 4.26. The highest BCUT2D eigenvalue weighted by atomic mass is 19.1. The van der Waals surface area contributed by atoms with Crippen LogP contribution in [0.25, 0.3) is 0 Å². The van der Waals surface area contributed by atoms with Gasteiger partial charge in [-0.3, -0.25) is 9.78 Å². The van der Waals surface area contributed by atoms with Gasteiger partial charge in [-0.1, -0.05) is 24.3 Å². The van der Waals surface area contributed by atoms with Crippen LogP contribution in [0.1, 0.15) is 42.6 Å². The van der Waals surface area contributed by atoms with Crippen LogP contribution < -0.4 is 0 Å². The van der Waals surface area contributed by atoms with Crippen molar-refractivity contribution in [3.8, 4) is 0 Å². The van der Waals surface area contributed by atoms with Crippen LogP contribution in [0.15, 0.2) is 42.5 Å².